The Morgan fingerprint density at radius 3 is 2.86 bits per heavy atom. The summed E-state index contributed by atoms with van der Waals surface area (Å²) in [5, 5.41) is 0. The van der Waals surface area contributed by atoms with Gasteiger partial charge >= 0.3 is 0 Å². The van der Waals surface area contributed by atoms with Crippen molar-refractivity contribution in [1.82, 2.24) is 0 Å². The van der Waals surface area contributed by atoms with Crippen LogP contribution < -0.4 is 10.5 Å². The van der Waals surface area contributed by atoms with E-state index in [0.29, 0.717) is 28.2 Å². The number of hydrogen-bond donors (Lipinski definition) is 1. The maximum atomic E-state index is 14.6. The van der Waals surface area contributed by atoms with Crippen LogP contribution in [0, 0.1) is 12.7 Å². The monoisotopic (exact) mass is 389 g/mol. The lowest BCUT2D eigenvalue weighted by Gasteiger charge is -2.21. The topological polar surface area (TPSA) is 77.0 Å². The lowest BCUT2D eigenvalue weighted by atomic mass is 9.84. The molecule has 29 heavy (non-hydrogen) atoms. The number of nitrogens with two attached hydrogens (primary N) is 1. The number of nitrogens with zero attached hydrogens (tertiary/aromatic N) is 2. The molecule has 6 heteroatoms. The molecule has 1 unspecified atom stereocenters. The smallest absolute Gasteiger partial charge is 0.280 e. The molecule has 0 saturated carbocycles. The zero-order valence-corrected chi connectivity index (χ0v) is 16.1. The maximum absolute atomic E-state index is 14.6. The Labute approximate surface area is 168 Å². The SMILES string of the molecule is COc1cc(-c2cccc(C3C=CC4=NC=NC(=O)C4=C3)c2C)cc(F)c1CN. The molecule has 5 nitrogen and oxygen atoms in total. The molecule has 1 amide bonds. The van der Waals surface area contributed by atoms with Gasteiger partial charge in [-0.1, -0.05) is 30.4 Å². The molecule has 1 aliphatic heterocycles. The van der Waals surface area contributed by atoms with Crippen molar-refractivity contribution in [3.63, 3.8) is 0 Å². The van der Waals surface area contributed by atoms with Crippen molar-refractivity contribution in [3.8, 4) is 16.9 Å². The number of carbonyl (C=O) groups excluding carboxylic acids is 1. The number of fused-ring (bicyclic) bond motifs is 1. The van der Waals surface area contributed by atoms with Gasteiger partial charge in [0.2, 0.25) is 0 Å². The fourth-order valence-electron chi connectivity index (χ4n) is 3.78. The van der Waals surface area contributed by atoms with Gasteiger partial charge in [-0.3, -0.25) is 4.79 Å². The van der Waals surface area contributed by atoms with E-state index in [1.165, 1.54) is 19.5 Å². The van der Waals surface area contributed by atoms with Gasteiger partial charge in [-0.2, -0.15) is 4.99 Å². The van der Waals surface area contributed by atoms with Gasteiger partial charge in [0.15, 0.2) is 0 Å². The van der Waals surface area contributed by atoms with Crippen LogP contribution in [0.1, 0.15) is 22.6 Å². The average molecular weight is 389 g/mol. The number of rotatable bonds is 4. The van der Waals surface area contributed by atoms with Crippen LogP contribution in [-0.4, -0.2) is 25.1 Å². The molecule has 0 radical (unpaired) electrons. The van der Waals surface area contributed by atoms with Crippen LogP contribution in [0.2, 0.25) is 0 Å². The second-order valence-corrected chi connectivity index (χ2v) is 6.89. The van der Waals surface area contributed by atoms with Crippen LogP contribution >= 0.6 is 0 Å². The molecule has 1 heterocycles. The second-order valence-electron chi connectivity index (χ2n) is 6.89. The zero-order valence-electron chi connectivity index (χ0n) is 16.1. The van der Waals surface area contributed by atoms with E-state index in [1.54, 1.807) is 6.07 Å². The first-order valence-corrected chi connectivity index (χ1v) is 9.25. The van der Waals surface area contributed by atoms with Crippen LogP contribution in [0.3, 0.4) is 0 Å². The number of aliphatic imine (C=N–C) groups is 2. The molecule has 2 aliphatic rings. The number of benzene rings is 2. The Morgan fingerprint density at radius 2 is 2.10 bits per heavy atom. The van der Waals surface area contributed by atoms with Crippen LogP contribution in [0.25, 0.3) is 11.1 Å². The number of ether oxygens (including phenoxy) is 1. The van der Waals surface area contributed by atoms with Crippen molar-refractivity contribution < 1.29 is 13.9 Å². The first kappa shape index (κ1) is 19.0. The molecule has 2 aromatic carbocycles. The molecule has 1 atom stereocenters. The highest BCUT2D eigenvalue weighted by Crippen LogP contribution is 2.36. The summed E-state index contributed by atoms with van der Waals surface area (Å²) in [7, 11) is 1.50. The van der Waals surface area contributed by atoms with Gasteiger partial charge in [0.25, 0.3) is 5.91 Å². The minimum atomic E-state index is -0.391. The molecule has 0 aromatic heterocycles. The fourth-order valence-corrected chi connectivity index (χ4v) is 3.78. The van der Waals surface area contributed by atoms with Crippen molar-refractivity contribution >= 4 is 18.0 Å². The van der Waals surface area contributed by atoms with Crippen LogP contribution in [-0.2, 0) is 11.3 Å². The number of methoxy groups -OCH3 is 1. The highest BCUT2D eigenvalue weighted by Gasteiger charge is 2.24. The summed E-state index contributed by atoms with van der Waals surface area (Å²) in [6, 6.07) is 9.16. The van der Waals surface area contributed by atoms with Gasteiger partial charge in [-0.25, -0.2) is 9.38 Å². The zero-order chi connectivity index (χ0) is 20.5. The van der Waals surface area contributed by atoms with E-state index in [1.807, 2.05) is 43.4 Å². The van der Waals surface area contributed by atoms with E-state index in [2.05, 4.69) is 9.98 Å². The Bertz CT molecular complexity index is 1130. The minimum Gasteiger partial charge on any atom is -0.496 e. The molecule has 2 N–H and O–H groups in total. The third kappa shape index (κ3) is 3.32. The van der Waals surface area contributed by atoms with Crippen molar-refractivity contribution in [3.05, 3.63) is 76.6 Å². The lowest BCUT2D eigenvalue weighted by Crippen LogP contribution is -2.18. The average Bonchev–Trinajstić information content (AvgIpc) is 2.73. The standard InChI is InChI=1S/C23H20FN3O2/c1-13-16(14-6-7-21-18(8-14)23(28)27-12-26-21)4-3-5-17(13)15-9-20(24)19(11-25)22(10-15)29-2/h3-10,12,14H,11,25H2,1-2H3. The molecular weight excluding hydrogens is 369 g/mol. The molecular formula is C23H20FN3O2. The van der Waals surface area contributed by atoms with Crippen molar-refractivity contribution in [2.45, 2.75) is 19.4 Å². The van der Waals surface area contributed by atoms with Crippen molar-refractivity contribution in [1.29, 1.82) is 0 Å². The third-order valence-corrected chi connectivity index (χ3v) is 5.31. The maximum Gasteiger partial charge on any atom is 0.280 e. The summed E-state index contributed by atoms with van der Waals surface area (Å²) >= 11 is 0. The lowest BCUT2D eigenvalue weighted by molar-refractivity contribution is -0.113. The Kier molecular flexibility index (Phi) is 4.94. The van der Waals surface area contributed by atoms with Gasteiger partial charge < -0.3 is 10.5 Å². The third-order valence-electron chi connectivity index (χ3n) is 5.31. The molecule has 2 aromatic rings. The normalized spacial score (nSPS) is 17.7. The molecule has 0 saturated heterocycles. The van der Waals surface area contributed by atoms with Gasteiger partial charge in [0.05, 0.1) is 18.4 Å². The number of halogens is 1. The summed E-state index contributed by atoms with van der Waals surface area (Å²) in [5.74, 6) is -0.352. The summed E-state index contributed by atoms with van der Waals surface area (Å²) in [5.41, 5.74) is 10.8. The quantitative estimate of drug-likeness (QED) is 0.863. The molecule has 4 rings (SSSR count). The van der Waals surface area contributed by atoms with Crippen molar-refractivity contribution in [2.75, 3.05) is 7.11 Å². The molecule has 1 aliphatic carbocycles. The highest BCUT2D eigenvalue weighted by atomic mass is 19.1. The van der Waals surface area contributed by atoms with Gasteiger partial charge in [0, 0.05) is 18.0 Å². The van der Waals surface area contributed by atoms with Gasteiger partial charge in [-0.15, -0.1) is 0 Å². The van der Waals surface area contributed by atoms with E-state index in [4.69, 9.17) is 10.5 Å². The first-order chi connectivity index (χ1) is 14.0. The molecule has 146 valence electrons. The van der Waals surface area contributed by atoms with Crippen LogP contribution in [0.4, 0.5) is 4.39 Å². The number of hydrogen-bond acceptors (Lipinski definition) is 4. The number of amides is 1. The van der Waals surface area contributed by atoms with Crippen LogP contribution in [0.15, 0.2) is 64.1 Å². The van der Waals surface area contributed by atoms with Crippen LogP contribution in [0.5, 0.6) is 5.75 Å². The highest BCUT2D eigenvalue weighted by molar-refractivity contribution is 6.30. The Morgan fingerprint density at radius 1 is 1.28 bits per heavy atom. The summed E-state index contributed by atoms with van der Waals surface area (Å²) < 4.78 is 19.9. The van der Waals surface area contributed by atoms with E-state index in [9.17, 15) is 9.18 Å². The Hall–Kier alpha value is -3.38. The number of carbonyl (C=O) groups is 1. The molecule has 0 spiro atoms. The second kappa shape index (κ2) is 7.56. The van der Waals surface area contributed by atoms with E-state index in [0.717, 1.165) is 16.7 Å². The van der Waals surface area contributed by atoms with E-state index < -0.39 is 5.82 Å². The first-order valence-electron chi connectivity index (χ1n) is 9.25. The summed E-state index contributed by atoms with van der Waals surface area (Å²) in [6.07, 6.45) is 6.99. The predicted octanol–water partition coefficient (Wildman–Crippen LogP) is 3.86. The fraction of sp³-hybridized carbons (Fsp3) is 0.174. The van der Waals surface area contributed by atoms with Gasteiger partial charge in [-0.05, 0) is 47.4 Å². The van der Waals surface area contributed by atoms with Gasteiger partial charge in [0.1, 0.15) is 17.9 Å². The minimum absolute atomic E-state index is 0.0646. The van der Waals surface area contributed by atoms with E-state index >= 15 is 0 Å². The van der Waals surface area contributed by atoms with Crippen molar-refractivity contribution in [2.24, 2.45) is 15.7 Å². The predicted molar refractivity (Wildman–Crippen MR) is 112 cm³/mol. The summed E-state index contributed by atoms with van der Waals surface area (Å²) in [6.45, 7) is 2.05. The molecule has 0 bridgehead atoms. The Balaban J connectivity index is 1.78. The molecule has 0 fully saturated rings. The number of allylic oxidation sites excluding steroid dienone is 3. The summed E-state index contributed by atoms with van der Waals surface area (Å²) in [4.78, 5) is 20.0. The van der Waals surface area contributed by atoms with E-state index in [-0.39, 0.29) is 18.4 Å². The largest absolute Gasteiger partial charge is 0.496 e.